The minimum atomic E-state index is -0.180. The van der Waals surface area contributed by atoms with Gasteiger partial charge in [-0.2, -0.15) is 0 Å². The molecule has 2 heterocycles. The number of hydrogen-bond acceptors (Lipinski definition) is 5. The van der Waals surface area contributed by atoms with Crippen LogP contribution in [0.25, 0.3) is 11.1 Å². The van der Waals surface area contributed by atoms with Crippen LogP contribution in [0.2, 0.25) is 0 Å². The number of hydrogen-bond donors (Lipinski definition) is 2. The van der Waals surface area contributed by atoms with Crippen LogP contribution in [-0.4, -0.2) is 47.8 Å². The molecule has 3 aromatic rings. The molecule has 0 aliphatic carbocycles. The maximum absolute atomic E-state index is 13.0. The molecule has 172 valence electrons. The van der Waals surface area contributed by atoms with Crippen LogP contribution in [0.5, 0.6) is 0 Å². The number of aryl methyl sites for hydroxylation is 1. The van der Waals surface area contributed by atoms with Crippen LogP contribution in [0, 0.1) is 6.92 Å². The number of likely N-dealkylation sites (tertiary alicyclic amines) is 1. The number of amides is 1. The van der Waals surface area contributed by atoms with Gasteiger partial charge in [-0.3, -0.25) is 4.79 Å². The van der Waals surface area contributed by atoms with Gasteiger partial charge in [0.25, 0.3) is 5.91 Å². The Balaban J connectivity index is 1.41. The number of anilines is 1. The SMILES string of the molecule is COCNC(=S)N1CCC(c2nc(C(=O)Nc3ccc(C)cc3-c3ccccc3)cs2)CC1. The van der Waals surface area contributed by atoms with Gasteiger partial charge in [0.1, 0.15) is 12.4 Å². The topological polar surface area (TPSA) is 66.5 Å². The van der Waals surface area contributed by atoms with Crippen molar-refractivity contribution in [1.29, 1.82) is 0 Å². The highest BCUT2D eigenvalue weighted by Crippen LogP contribution is 2.32. The number of rotatable bonds is 6. The minimum absolute atomic E-state index is 0.180. The largest absolute Gasteiger partial charge is 0.365 e. The maximum atomic E-state index is 13.0. The average Bonchev–Trinajstić information content (AvgIpc) is 3.35. The van der Waals surface area contributed by atoms with Gasteiger partial charge in [0.15, 0.2) is 5.11 Å². The number of aromatic nitrogens is 1. The summed E-state index contributed by atoms with van der Waals surface area (Å²) < 4.78 is 5.03. The molecule has 33 heavy (non-hydrogen) atoms. The van der Waals surface area contributed by atoms with Crippen molar-refractivity contribution in [2.75, 3.05) is 32.2 Å². The third-order valence-corrected chi connectivity index (χ3v) is 7.17. The molecule has 0 spiro atoms. The molecule has 0 atom stereocenters. The Morgan fingerprint density at radius 3 is 2.70 bits per heavy atom. The highest BCUT2D eigenvalue weighted by Gasteiger charge is 2.25. The zero-order valence-electron chi connectivity index (χ0n) is 18.8. The van der Waals surface area contributed by atoms with E-state index in [-0.39, 0.29) is 5.91 Å². The number of nitrogens with one attached hydrogen (secondary N) is 2. The van der Waals surface area contributed by atoms with E-state index in [0.29, 0.717) is 18.3 Å². The molecule has 0 saturated carbocycles. The predicted molar refractivity (Wildman–Crippen MR) is 138 cm³/mol. The molecular weight excluding hydrogens is 452 g/mol. The van der Waals surface area contributed by atoms with E-state index in [1.54, 1.807) is 18.4 Å². The first-order valence-corrected chi connectivity index (χ1v) is 12.3. The number of piperidine rings is 1. The van der Waals surface area contributed by atoms with Gasteiger partial charge in [-0.15, -0.1) is 11.3 Å². The van der Waals surface area contributed by atoms with E-state index in [4.69, 9.17) is 17.0 Å². The molecule has 8 heteroatoms. The number of ether oxygens (including phenoxy) is 1. The molecule has 1 aliphatic rings. The van der Waals surface area contributed by atoms with Crippen LogP contribution in [0.3, 0.4) is 0 Å². The summed E-state index contributed by atoms with van der Waals surface area (Å²) in [6.07, 6.45) is 1.92. The predicted octanol–water partition coefficient (Wildman–Crippen LogP) is 5.03. The Bertz CT molecular complexity index is 1110. The summed E-state index contributed by atoms with van der Waals surface area (Å²) in [4.78, 5) is 19.9. The van der Waals surface area contributed by atoms with E-state index < -0.39 is 0 Å². The first-order valence-electron chi connectivity index (χ1n) is 11.0. The summed E-state index contributed by atoms with van der Waals surface area (Å²) in [5.74, 6) is 0.165. The van der Waals surface area contributed by atoms with Crippen molar-refractivity contribution in [3.8, 4) is 11.1 Å². The van der Waals surface area contributed by atoms with Crippen molar-refractivity contribution >= 4 is 40.3 Å². The van der Waals surface area contributed by atoms with E-state index in [1.165, 1.54) is 0 Å². The zero-order chi connectivity index (χ0) is 23.2. The standard InChI is InChI=1S/C25H28N4O2S2/c1-17-8-9-21(20(14-17)18-6-4-3-5-7-18)27-23(30)22-15-33-24(28-22)19-10-12-29(13-11-19)25(32)26-16-31-2/h3-9,14-15,19H,10-13,16H2,1-2H3,(H,26,32)(H,27,30). The third-order valence-electron chi connectivity index (χ3n) is 5.76. The van der Waals surface area contributed by atoms with E-state index in [0.717, 1.165) is 58.4 Å². The molecule has 4 rings (SSSR count). The van der Waals surface area contributed by atoms with Crippen molar-refractivity contribution < 1.29 is 9.53 Å². The summed E-state index contributed by atoms with van der Waals surface area (Å²) in [5.41, 5.74) is 4.47. The number of thiocarbonyl (C=S) groups is 1. The molecule has 1 aromatic heterocycles. The summed E-state index contributed by atoms with van der Waals surface area (Å²) in [6.45, 7) is 4.20. The molecule has 1 fully saturated rings. The Labute approximate surface area is 204 Å². The van der Waals surface area contributed by atoms with Crippen molar-refractivity contribution in [1.82, 2.24) is 15.2 Å². The Hall–Kier alpha value is -2.81. The number of thiazole rings is 1. The molecule has 1 aliphatic heterocycles. The van der Waals surface area contributed by atoms with Crippen LogP contribution in [-0.2, 0) is 4.74 Å². The molecule has 1 amide bonds. The van der Waals surface area contributed by atoms with Crippen LogP contribution >= 0.6 is 23.6 Å². The van der Waals surface area contributed by atoms with Gasteiger partial charge in [-0.05, 0) is 49.7 Å². The molecule has 0 unspecified atom stereocenters. The van der Waals surface area contributed by atoms with Crippen LogP contribution in [0.15, 0.2) is 53.9 Å². The van der Waals surface area contributed by atoms with Crippen LogP contribution in [0.4, 0.5) is 5.69 Å². The van der Waals surface area contributed by atoms with E-state index in [9.17, 15) is 4.79 Å². The molecule has 1 saturated heterocycles. The van der Waals surface area contributed by atoms with Crippen molar-refractivity contribution in [3.63, 3.8) is 0 Å². The van der Waals surface area contributed by atoms with Gasteiger partial charge in [-0.1, -0.05) is 42.0 Å². The minimum Gasteiger partial charge on any atom is -0.365 e. The fourth-order valence-corrected chi connectivity index (χ4v) is 5.18. The number of benzene rings is 2. The Kier molecular flexibility index (Phi) is 7.69. The number of nitrogens with zero attached hydrogens (tertiary/aromatic N) is 2. The lowest BCUT2D eigenvalue weighted by molar-refractivity contribution is 0.102. The zero-order valence-corrected chi connectivity index (χ0v) is 20.5. The lowest BCUT2D eigenvalue weighted by Gasteiger charge is -2.33. The van der Waals surface area contributed by atoms with Gasteiger partial charge < -0.3 is 20.3 Å². The fourth-order valence-electron chi connectivity index (χ4n) is 3.96. The lowest BCUT2D eigenvalue weighted by atomic mass is 9.98. The van der Waals surface area contributed by atoms with Crippen molar-refractivity contribution in [2.24, 2.45) is 0 Å². The highest BCUT2D eigenvalue weighted by molar-refractivity contribution is 7.80. The molecule has 6 nitrogen and oxygen atoms in total. The van der Waals surface area contributed by atoms with Gasteiger partial charge in [-0.25, -0.2) is 4.98 Å². The molecule has 2 aromatic carbocycles. The Morgan fingerprint density at radius 2 is 1.97 bits per heavy atom. The van der Waals surface area contributed by atoms with E-state index in [1.807, 2.05) is 47.8 Å². The van der Waals surface area contributed by atoms with Gasteiger partial charge in [0.05, 0.1) is 5.01 Å². The summed E-state index contributed by atoms with van der Waals surface area (Å²) in [7, 11) is 1.64. The number of carbonyl (C=O) groups excluding carboxylic acids is 1. The summed E-state index contributed by atoms with van der Waals surface area (Å²) in [6, 6.07) is 16.2. The Morgan fingerprint density at radius 1 is 1.21 bits per heavy atom. The molecule has 0 bridgehead atoms. The maximum Gasteiger partial charge on any atom is 0.275 e. The van der Waals surface area contributed by atoms with E-state index in [2.05, 4.69) is 33.5 Å². The highest BCUT2D eigenvalue weighted by atomic mass is 32.1. The average molecular weight is 481 g/mol. The lowest BCUT2D eigenvalue weighted by Crippen LogP contribution is -2.44. The first-order chi connectivity index (χ1) is 16.0. The van der Waals surface area contributed by atoms with Gasteiger partial charge in [0.2, 0.25) is 0 Å². The van der Waals surface area contributed by atoms with Crippen molar-refractivity contribution in [2.45, 2.75) is 25.7 Å². The molecule has 0 radical (unpaired) electrons. The second kappa shape index (κ2) is 10.9. The number of methoxy groups -OCH3 is 1. The van der Waals surface area contributed by atoms with Gasteiger partial charge in [0, 0.05) is 42.7 Å². The second-order valence-corrected chi connectivity index (χ2v) is 9.39. The smallest absolute Gasteiger partial charge is 0.275 e. The van der Waals surface area contributed by atoms with Crippen LogP contribution < -0.4 is 10.6 Å². The van der Waals surface area contributed by atoms with Gasteiger partial charge >= 0.3 is 0 Å². The fraction of sp³-hybridized carbons (Fsp3) is 0.320. The first kappa shape index (κ1) is 23.4. The second-order valence-electron chi connectivity index (χ2n) is 8.12. The summed E-state index contributed by atoms with van der Waals surface area (Å²) in [5, 5.41) is 9.76. The summed E-state index contributed by atoms with van der Waals surface area (Å²) >= 11 is 6.98. The molecule has 2 N–H and O–H groups in total. The van der Waals surface area contributed by atoms with Crippen molar-refractivity contribution in [3.05, 3.63) is 70.2 Å². The van der Waals surface area contributed by atoms with E-state index >= 15 is 0 Å². The third kappa shape index (κ3) is 5.76. The monoisotopic (exact) mass is 480 g/mol. The van der Waals surface area contributed by atoms with Crippen LogP contribution in [0.1, 0.15) is 39.8 Å². The quantitative estimate of drug-likeness (QED) is 0.381. The normalized spacial score (nSPS) is 14.2. The number of carbonyl (C=O) groups is 1. The molecular formula is C25H28N4O2S2.